The van der Waals surface area contributed by atoms with E-state index in [2.05, 4.69) is 27.3 Å². The second-order valence-electron chi connectivity index (χ2n) is 6.48. The number of amides is 1. The Kier molecular flexibility index (Phi) is 6.14. The fourth-order valence-electron chi connectivity index (χ4n) is 3.13. The Balaban J connectivity index is 1.49. The van der Waals surface area contributed by atoms with Crippen LogP contribution >= 0.6 is 15.9 Å². The van der Waals surface area contributed by atoms with Crippen LogP contribution in [0.25, 0.3) is 11.0 Å². The van der Waals surface area contributed by atoms with Crippen molar-refractivity contribution >= 4 is 38.8 Å². The number of esters is 1. The van der Waals surface area contributed by atoms with Crippen molar-refractivity contribution < 1.29 is 18.7 Å². The molecule has 1 aliphatic rings. The topological polar surface area (TPSA) is 68.5 Å². The Morgan fingerprint density at radius 1 is 1.31 bits per heavy atom. The summed E-state index contributed by atoms with van der Waals surface area (Å²) in [5, 5.41) is 3.64. The molecule has 0 saturated heterocycles. The van der Waals surface area contributed by atoms with Gasteiger partial charge in [0, 0.05) is 22.0 Å². The van der Waals surface area contributed by atoms with Gasteiger partial charge in [0.15, 0.2) is 6.61 Å². The smallest absolute Gasteiger partial charge is 0.375 e. The van der Waals surface area contributed by atoms with Crippen molar-refractivity contribution in [1.82, 2.24) is 5.32 Å². The standard InChI is InChI=1S/C20H22BrNO4/c1-13-16-11-15(21)7-8-17(16)26-19(13)20(24)25-12-18(23)22-10-9-14-5-3-2-4-6-14/h5,7-8,11H,2-4,6,9-10,12H2,1H3,(H,22,23). The number of hydrogen-bond acceptors (Lipinski definition) is 4. The van der Waals surface area contributed by atoms with Crippen LogP contribution < -0.4 is 5.32 Å². The van der Waals surface area contributed by atoms with E-state index in [-0.39, 0.29) is 18.3 Å². The summed E-state index contributed by atoms with van der Waals surface area (Å²) in [5.74, 6) is -0.788. The van der Waals surface area contributed by atoms with Crippen LogP contribution in [0.4, 0.5) is 0 Å². The summed E-state index contributed by atoms with van der Waals surface area (Å²) in [7, 11) is 0. The van der Waals surface area contributed by atoms with Crippen LogP contribution in [0, 0.1) is 6.92 Å². The molecule has 0 saturated carbocycles. The molecule has 1 N–H and O–H groups in total. The third-order valence-corrected chi connectivity index (χ3v) is 5.06. The van der Waals surface area contributed by atoms with Crippen LogP contribution in [0.2, 0.25) is 0 Å². The maximum absolute atomic E-state index is 12.2. The number of furan rings is 1. The Morgan fingerprint density at radius 2 is 2.15 bits per heavy atom. The summed E-state index contributed by atoms with van der Waals surface area (Å²) in [6.45, 7) is 2.06. The average Bonchev–Trinajstić information content (AvgIpc) is 2.97. The zero-order valence-electron chi connectivity index (χ0n) is 14.8. The lowest BCUT2D eigenvalue weighted by atomic mass is 9.97. The molecular weight excluding hydrogens is 398 g/mol. The first-order chi connectivity index (χ1) is 12.5. The lowest BCUT2D eigenvalue weighted by molar-refractivity contribution is -0.124. The number of carbonyl (C=O) groups is 2. The van der Waals surface area contributed by atoms with Crippen LogP contribution in [0.5, 0.6) is 0 Å². The van der Waals surface area contributed by atoms with Crippen molar-refractivity contribution in [2.45, 2.75) is 39.0 Å². The van der Waals surface area contributed by atoms with Crippen molar-refractivity contribution in [1.29, 1.82) is 0 Å². The fraction of sp³-hybridized carbons (Fsp3) is 0.400. The largest absolute Gasteiger partial charge is 0.450 e. The number of allylic oxidation sites excluding steroid dienone is 1. The first kappa shape index (κ1) is 18.7. The predicted molar refractivity (Wildman–Crippen MR) is 103 cm³/mol. The molecule has 0 spiro atoms. The second-order valence-corrected chi connectivity index (χ2v) is 7.40. The predicted octanol–water partition coefficient (Wildman–Crippen LogP) is 4.67. The minimum Gasteiger partial charge on any atom is -0.450 e. The van der Waals surface area contributed by atoms with Gasteiger partial charge in [-0.05, 0) is 57.2 Å². The van der Waals surface area contributed by atoms with E-state index in [1.807, 2.05) is 12.1 Å². The van der Waals surface area contributed by atoms with Crippen LogP contribution in [0.15, 0.2) is 38.7 Å². The Labute approximate surface area is 160 Å². The molecular formula is C20H22BrNO4. The van der Waals surface area contributed by atoms with E-state index in [0.29, 0.717) is 17.7 Å². The van der Waals surface area contributed by atoms with Crippen molar-refractivity contribution in [3.63, 3.8) is 0 Å². The van der Waals surface area contributed by atoms with Gasteiger partial charge in [-0.2, -0.15) is 0 Å². The van der Waals surface area contributed by atoms with E-state index in [9.17, 15) is 9.59 Å². The van der Waals surface area contributed by atoms with Gasteiger partial charge in [0.1, 0.15) is 5.58 Å². The van der Waals surface area contributed by atoms with E-state index in [4.69, 9.17) is 9.15 Å². The number of rotatable bonds is 6. The maximum Gasteiger partial charge on any atom is 0.375 e. The van der Waals surface area contributed by atoms with Gasteiger partial charge in [-0.25, -0.2) is 4.79 Å². The monoisotopic (exact) mass is 419 g/mol. The minimum absolute atomic E-state index is 0.137. The van der Waals surface area contributed by atoms with Crippen molar-refractivity contribution in [3.8, 4) is 0 Å². The Hall–Kier alpha value is -2.08. The molecule has 1 aromatic carbocycles. The molecule has 0 bridgehead atoms. The second kappa shape index (κ2) is 8.54. The lowest BCUT2D eigenvalue weighted by Gasteiger charge is -2.12. The molecule has 1 aromatic heterocycles. The van der Waals surface area contributed by atoms with Gasteiger partial charge in [0.25, 0.3) is 5.91 Å². The highest BCUT2D eigenvalue weighted by atomic mass is 79.9. The quantitative estimate of drug-likeness (QED) is 0.545. The molecule has 0 atom stereocenters. The highest BCUT2D eigenvalue weighted by Gasteiger charge is 2.20. The van der Waals surface area contributed by atoms with Gasteiger partial charge < -0.3 is 14.5 Å². The molecule has 1 aliphatic carbocycles. The van der Waals surface area contributed by atoms with E-state index >= 15 is 0 Å². The first-order valence-corrected chi connectivity index (χ1v) is 9.64. The van der Waals surface area contributed by atoms with Crippen LogP contribution in [-0.2, 0) is 9.53 Å². The van der Waals surface area contributed by atoms with Gasteiger partial charge in [0.2, 0.25) is 5.76 Å². The maximum atomic E-state index is 12.2. The fourth-order valence-corrected chi connectivity index (χ4v) is 3.49. The number of aryl methyl sites for hydroxylation is 1. The lowest BCUT2D eigenvalue weighted by Crippen LogP contribution is -2.29. The molecule has 0 aliphatic heterocycles. The third-order valence-electron chi connectivity index (χ3n) is 4.57. The Morgan fingerprint density at radius 3 is 2.92 bits per heavy atom. The average molecular weight is 420 g/mol. The van der Waals surface area contributed by atoms with Gasteiger partial charge >= 0.3 is 5.97 Å². The highest BCUT2D eigenvalue weighted by Crippen LogP contribution is 2.28. The number of fused-ring (bicyclic) bond motifs is 1. The van der Waals surface area contributed by atoms with Gasteiger partial charge in [-0.1, -0.05) is 27.6 Å². The minimum atomic E-state index is -0.625. The molecule has 5 nitrogen and oxygen atoms in total. The highest BCUT2D eigenvalue weighted by molar-refractivity contribution is 9.10. The van der Waals surface area contributed by atoms with Crippen LogP contribution in [0.1, 0.15) is 48.2 Å². The summed E-state index contributed by atoms with van der Waals surface area (Å²) >= 11 is 3.40. The molecule has 3 rings (SSSR count). The summed E-state index contributed by atoms with van der Waals surface area (Å²) in [6.07, 6.45) is 7.85. The van der Waals surface area contributed by atoms with Crippen molar-refractivity contribution in [2.24, 2.45) is 0 Å². The van der Waals surface area contributed by atoms with Crippen molar-refractivity contribution in [3.05, 3.63) is 45.6 Å². The molecule has 1 heterocycles. The number of hydrogen-bond donors (Lipinski definition) is 1. The molecule has 0 fully saturated rings. The van der Waals surface area contributed by atoms with E-state index < -0.39 is 5.97 Å². The van der Waals surface area contributed by atoms with E-state index in [0.717, 1.165) is 29.1 Å². The number of halogens is 1. The van der Waals surface area contributed by atoms with Crippen molar-refractivity contribution in [2.75, 3.05) is 13.2 Å². The summed E-state index contributed by atoms with van der Waals surface area (Å²) < 4.78 is 11.6. The van der Waals surface area contributed by atoms with Gasteiger partial charge in [-0.15, -0.1) is 0 Å². The zero-order chi connectivity index (χ0) is 18.5. The molecule has 0 radical (unpaired) electrons. The first-order valence-electron chi connectivity index (χ1n) is 8.85. The Bertz CT molecular complexity index is 853. The molecule has 6 heteroatoms. The number of nitrogens with one attached hydrogen (secondary N) is 1. The van der Waals surface area contributed by atoms with E-state index in [1.54, 1.807) is 13.0 Å². The number of carbonyl (C=O) groups excluding carboxylic acids is 2. The number of ether oxygens (including phenoxy) is 1. The molecule has 0 unspecified atom stereocenters. The zero-order valence-corrected chi connectivity index (χ0v) is 16.4. The normalized spacial score (nSPS) is 14.2. The van der Waals surface area contributed by atoms with Gasteiger partial charge in [-0.3, -0.25) is 4.79 Å². The summed E-state index contributed by atoms with van der Waals surface area (Å²) in [6, 6.07) is 5.52. The SMILES string of the molecule is Cc1c(C(=O)OCC(=O)NCCC2=CCCCC2)oc2ccc(Br)cc12. The van der Waals surface area contributed by atoms with Crippen LogP contribution in [0.3, 0.4) is 0 Å². The molecule has 138 valence electrons. The summed E-state index contributed by atoms with van der Waals surface area (Å²) in [5.41, 5.74) is 2.72. The van der Waals surface area contributed by atoms with Crippen LogP contribution in [-0.4, -0.2) is 25.0 Å². The third kappa shape index (κ3) is 4.55. The molecule has 1 amide bonds. The molecule has 2 aromatic rings. The summed E-state index contributed by atoms with van der Waals surface area (Å²) in [4.78, 5) is 24.1. The number of benzene rings is 1. The molecule has 26 heavy (non-hydrogen) atoms. The van der Waals surface area contributed by atoms with E-state index in [1.165, 1.54) is 18.4 Å². The van der Waals surface area contributed by atoms with Gasteiger partial charge in [0.05, 0.1) is 0 Å².